The molecule has 7 atom stereocenters. The minimum atomic E-state index is -4.79. The number of esters is 2. The van der Waals surface area contributed by atoms with Gasteiger partial charge in [-0.1, -0.05) is 126 Å². The van der Waals surface area contributed by atoms with Crippen molar-refractivity contribution in [1.82, 2.24) is 0 Å². The number of Topliss-reactive ketones (excluding diaryl/α,β-unsaturated/α-hetero) is 1. The van der Waals surface area contributed by atoms with Crippen molar-refractivity contribution in [3.8, 4) is 0 Å². The number of phosphoric acid groups is 1. The van der Waals surface area contributed by atoms with E-state index in [9.17, 15) is 38.8 Å². The van der Waals surface area contributed by atoms with Gasteiger partial charge in [-0.3, -0.25) is 28.2 Å². The average Bonchev–Trinajstić information content (AvgIpc) is 3.49. The molecule has 0 spiro atoms. The summed E-state index contributed by atoms with van der Waals surface area (Å²) in [6.45, 7) is 2.31. The van der Waals surface area contributed by atoms with Gasteiger partial charge in [0, 0.05) is 25.2 Å². The number of hydrogen-bond donors (Lipinski definition) is 5. The molecule has 0 amide bonds. The summed E-state index contributed by atoms with van der Waals surface area (Å²) in [4.78, 5) is 58.7. The number of ether oxygens (including phenoxy) is 2. The van der Waals surface area contributed by atoms with Crippen LogP contribution in [0.5, 0.6) is 0 Å². The standard InChI is InChI=1S/C46H76NO13P/c1-3-5-7-8-9-10-11-12-13-14-15-16-17-18-19-20-26-30-45(52)60-38(35-58-61(55,56)59-36-41(47)46(53)54)34-57-44(51)29-25-22-21-24-28-39-40(43(50)33-42(39)49)32-31-37(48)27-23-6-4-2/h5,7,9-10,12-13,15-16,31-32,37-42,48-49H,3-4,6,8,11,14,17-30,33-36,47H2,1-2H3,(H,53,54)(H,55,56)/b7-5-,10-9-,13-12-,16-15-,32-31+/t37-,38+,39+,40+,41-,42-/m0/s1. The lowest BCUT2D eigenvalue weighted by molar-refractivity contribution is -0.161. The van der Waals surface area contributed by atoms with Crippen LogP contribution in [-0.4, -0.2) is 88.1 Å². The van der Waals surface area contributed by atoms with Crippen LogP contribution >= 0.6 is 7.82 Å². The minimum absolute atomic E-state index is 0.0208. The fraction of sp³-hybridized carbons (Fsp3) is 0.696. The number of aliphatic carboxylic acids is 1. The van der Waals surface area contributed by atoms with E-state index < -0.39 is 75.8 Å². The second-order valence-corrected chi connectivity index (χ2v) is 17.0. The Balaban J connectivity index is 2.48. The van der Waals surface area contributed by atoms with Gasteiger partial charge in [0.05, 0.1) is 25.4 Å². The van der Waals surface area contributed by atoms with Crippen molar-refractivity contribution in [1.29, 1.82) is 0 Å². The highest BCUT2D eigenvalue weighted by atomic mass is 31.2. The number of rotatable bonds is 37. The van der Waals surface area contributed by atoms with Crippen LogP contribution < -0.4 is 5.73 Å². The van der Waals surface area contributed by atoms with Crippen LogP contribution in [0, 0.1) is 11.8 Å². The number of allylic oxidation sites excluding steroid dienone is 9. The molecule has 61 heavy (non-hydrogen) atoms. The summed E-state index contributed by atoms with van der Waals surface area (Å²) < 4.78 is 32.7. The van der Waals surface area contributed by atoms with E-state index in [-0.39, 0.29) is 31.0 Å². The van der Waals surface area contributed by atoms with Crippen LogP contribution in [0.3, 0.4) is 0 Å². The summed E-state index contributed by atoms with van der Waals surface area (Å²) in [7, 11) is -4.79. The zero-order chi connectivity index (χ0) is 45.1. The van der Waals surface area contributed by atoms with Gasteiger partial charge in [0.1, 0.15) is 18.4 Å². The fourth-order valence-corrected chi connectivity index (χ4v) is 7.38. The molecule has 1 aliphatic rings. The zero-order valence-electron chi connectivity index (χ0n) is 36.7. The van der Waals surface area contributed by atoms with Gasteiger partial charge in [-0.05, 0) is 70.1 Å². The van der Waals surface area contributed by atoms with E-state index in [2.05, 4.69) is 67.0 Å². The van der Waals surface area contributed by atoms with Gasteiger partial charge < -0.3 is 35.4 Å². The summed E-state index contributed by atoms with van der Waals surface area (Å²) in [5.41, 5.74) is 5.33. The largest absolute Gasteiger partial charge is 0.480 e. The Bertz CT molecular complexity index is 1430. The van der Waals surface area contributed by atoms with Gasteiger partial charge in [-0.15, -0.1) is 0 Å². The number of aliphatic hydroxyl groups is 2. The van der Waals surface area contributed by atoms with Crippen molar-refractivity contribution < 1.29 is 62.5 Å². The summed E-state index contributed by atoms with van der Waals surface area (Å²) in [5.74, 6) is -3.26. The van der Waals surface area contributed by atoms with Gasteiger partial charge in [0.15, 0.2) is 6.10 Å². The Morgan fingerprint density at radius 2 is 1.38 bits per heavy atom. The maximum Gasteiger partial charge on any atom is 0.472 e. The van der Waals surface area contributed by atoms with E-state index in [4.69, 9.17) is 24.8 Å². The Hall–Kier alpha value is -3.23. The van der Waals surface area contributed by atoms with Crippen LogP contribution in [-0.2, 0) is 42.3 Å². The molecule has 0 heterocycles. The Morgan fingerprint density at radius 1 is 0.787 bits per heavy atom. The highest BCUT2D eigenvalue weighted by Crippen LogP contribution is 2.43. The number of hydrogen-bond acceptors (Lipinski definition) is 12. The second kappa shape index (κ2) is 35.3. The number of carbonyl (C=O) groups excluding carboxylic acids is 3. The van der Waals surface area contributed by atoms with Gasteiger partial charge in [-0.25, -0.2) is 4.57 Å². The van der Waals surface area contributed by atoms with E-state index in [1.165, 1.54) is 0 Å². The highest BCUT2D eigenvalue weighted by Gasteiger charge is 2.39. The number of carboxylic acid groups (broad SMARTS) is 1. The number of carbonyl (C=O) groups is 4. The first-order chi connectivity index (χ1) is 29.3. The molecular formula is C46H76NO13P. The molecule has 6 N–H and O–H groups in total. The van der Waals surface area contributed by atoms with Crippen LogP contribution in [0.1, 0.15) is 149 Å². The molecule has 1 aliphatic carbocycles. The normalized spacial score (nSPS) is 19.7. The van der Waals surface area contributed by atoms with Crippen molar-refractivity contribution >= 4 is 31.5 Å². The second-order valence-electron chi connectivity index (χ2n) is 15.6. The lowest BCUT2D eigenvalue weighted by atomic mass is 9.88. The monoisotopic (exact) mass is 882 g/mol. The number of aliphatic hydroxyl groups excluding tert-OH is 2. The average molecular weight is 882 g/mol. The van der Waals surface area contributed by atoms with Gasteiger partial charge in [0.2, 0.25) is 0 Å². The third-order valence-corrected chi connectivity index (χ3v) is 11.1. The van der Waals surface area contributed by atoms with Gasteiger partial charge in [0.25, 0.3) is 0 Å². The molecule has 1 fully saturated rings. The Kier molecular flexibility index (Phi) is 32.2. The molecular weight excluding hydrogens is 805 g/mol. The van der Waals surface area contributed by atoms with E-state index in [0.717, 1.165) is 83.5 Å². The van der Waals surface area contributed by atoms with Crippen LogP contribution in [0.2, 0.25) is 0 Å². The predicted molar refractivity (Wildman–Crippen MR) is 236 cm³/mol. The van der Waals surface area contributed by atoms with Crippen molar-refractivity contribution in [2.75, 3.05) is 19.8 Å². The number of unbranched alkanes of at least 4 members (excludes halogenated alkanes) is 9. The highest BCUT2D eigenvalue weighted by molar-refractivity contribution is 7.47. The smallest absolute Gasteiger partial charge is 0.472 e. The molecule has 0 aliphatic heterocycles. The summed E-state index contributed by atoms with van der Waals surface area (Å²) in [6.07, 6.45) is 33.3. The summed E-state index contributed by atoms with van der Waals surface area (Å²) >= 11 is 0. The molecule has 14 nitrogen and oxygen atoms in total. The number of nitrogens with two attached hydrogens (primary N) is 1. The summed E-state index contributed by atoms with van der Waals surface area (Å²) in [5, 5.41) is 29.7. The molecule has 1 unspecified atom stereocenters. The van der Waals surface area contributed by atoms with Crippen molar-refractivity contribution in [3.05, 3.63) is 60.8 Å². The molecule has 0 aromatic rings. The predicted octanol–water partition coefficient (Wildman–Crippen LogP) is 8.54. The van der Waals surface area contributed by atoms with E-state index in [1.807, 2.05) is 0 Å². The number of ketones is 1. The Morgan fingerprint density at radius 3 is 2.02 bits per heavy atom. The fourth-order valence-electron chi connectivity index (χ4n) is 6.61. The first-order valence-corrected chi connectivity index (χ1v) is 23.9. The maximum absolute atomic E-state index is 12.7. The van der Waals surface area contributed by atoms with Crippen LogP contribution in [0.15, 0.2) is 60.8 Å². The van der Waals surface area contributed by atoms with Crippen LogP contribution in [0.25, 0.3) is 0 Å². The molecule has 0 bridgehead atoms. The lowest BCUT2D eigenvalue weighted by Gasteiger charge is -2.20. The van der Waals surface area contributed by atoms with E-state index in [1.54, 1.807) is 12.2 Å². The quantitative estimate of drug-likeness (QED) is 0.0171. The molecule has 1 rings (SSSR count). The van der Waals surface area contributed by atoms with Gasteiger partial charge >= 0.3 is 25.7 Å². The van der Waals surface area contributed by atoms with E-state index >= 15 is 0 Å². The molecule has 15 heteroatoms. The Labute approximate surface area is 364 Å². The molecule has 0 aromatic carbocycles. The first kappa shape index (κ1) is 55.8. The third-order valence-electron chi connectivity index (χ3n) is 10.2. The minimum Gasteiger partial charge on any atom is -0.480 e. The molecule has 0 saturated heterocycles. The zero-order valence-corrected chi connectivity index (χ0v) is 37.6. The van der Waals surface area contributed by atoms with Crippen molar-refractivity contribution in [3.63, 3.8) is 0 Å². The molecule has 348 valence electrons. The lowest BCUT2D eigenvalue weighted by Crippen LogP contribution is -2.34. The van der Waals surface area contributed by atoms with Crippen molar-refractivity contribution in [2.24, 2.45) is 17.6 Å². The summed E-state index contributed by atoms with van der Waals surface area (Å²) in [6, 6.07) is -1.56. The molecule has 0 radical (unpaired) electrons. The molecule has 1 saturated carbocycles. The van der Waals surface area contributed by atoms with Crippen LogP contribution in [0.4, 0.5) is 0 Å². The van der Waals surface area contributed by atoms with Gasteiger partial charge in [-0.2, -0.15) is 0 Å². The van der Waals surface area contributed by atoms with Crippen molar-refractivity contribution in [2.45, 2.75) is 173 Å². The SMILES string of the molecule is CC/C=C\C/C=C\C/C=C\C/C=C\CCCCCCC(=O)O[C@H](COC(=O)CCCCCC[C@H]1[C@@H](O)CC(=O)[C@@H]1/C=C/[C@@H](O)CCCCC)COP(=O)(O)OC[C@H](N)C(=O)O. The third kappa shape index (κ3) is 29.7. The molecule has 0 aromatic heterocycles. The number of phosphoric ester groups is 1. The maximum atomic E-state index is 12.7. The van der Waals surface area contributed by atoms with E-state index in [0.29, 0.717) is 32.1 Å². The topological polar surface area (TPSA) is 229 Å². The first-order valence-electron chi connectivity index (χ1n) is 22.4. The number of carboxylic acids is 1.